The highest BCUT2D eigenvalue weighted by Crippen LogP contribution is 2.30. The number of likely N-dealkylation sites (tertiary alicyclic amines) is 1. The molecular formula is C19H28N2O2. The van der Waals surface area contributed by atoms with Gasteiger partial charge in [0.15, 0.2) is 0 Å². The Labute approximate surface area is 139 Å². The van der Waals surface area contributed by atoms with E-state index in [1.807, 2.05) is 17.9 Å². The van der Waals surface area contributed by atoms with Crippen LogP contribution in [0.3, 0.4) is 0 Å². The smallest absolute Gasteiger partial charge is 0.240 e. The SMILES string of the molecule is CCOCC1CCN(C(=O)C2NCCCC2c2ccccc2)C1. The predicted molar refractivity (Wildman–Crippen MR) is 91.4 cm³/mol. The number of carbonyl (C=O) groups is 1. The molecule has 0 saturated carbocycles. The van der Waals surface area contributed by atoms with Crippen LogP contribution in [0.25, 0.3) is 0 Å². The summed E-state index contributed by atoms with van der Waals surface area (Å²) in [6.07, 6.45) is 3.29. The van der Waals surface area contributed by atoms with Gasteiger partial charge in [0.1, 0.15) is 0 Å². The van der Waals surface area contributed by atoms with Crippen molar-refractivity contribution in [2.75, 3.05) is 32.8 Å². The third-order valence-electron chi connectivity index (χ3n) is 5.11. The molecule has 2 aliphatic rings. The maximum Gasteiger partial charge on any atom is 0.240 e. The topological polar surface area (TPSA) is 41.6 Å². The zero-order chi connectivity index (χ0) is 16.1. The van der Waals surface area contributed by atoms with Crippen LogP contribution in [0.4, 0.5) is 0 Å². The van der Waals surface area contributed by atoms with Crippen LogP contribution in [-0.4, -0.2) is 49.7 Å². The molecule has 0 spiro atoms. The van der Waals surface area contributed by atoms with E-state index in [9.17, 15) is 4.79 Å². The molecule has 0 aliphatic carbocycles. The fraction of sp³-hybridized carbons (Fsp3) is 0.632. The minimum atomic E-state index is -0.0722. The number of benzene rings is 1. The Hall–Kier alpha value is -1.39. The van der Waals surface area contributed by atoms with Crippen molar-refractivity contribution in [2.24, 2.45) is 5.92 Å². The lowest BCUT2D eigenvalue weighted by molar-refractivity contribution is -0.133. The van der Waals surface area contributed by atoms with Gasteiger partial charge < -0.3 is 15.0 Å². The van der Waals surface area contributed by atoms with Crippen molar-refractivity contribution < 1.29 is 9.53 Å². The Morgan fingerprint density at radius 3 is 2.91 bits per heavy atom. The van der Waals surface area contributed by atoms with Crippen molar-refractivity contribution in [3.63, 3.8) is 0 Å². The molecule has 1 amide bonds. The first kappa shape index (κ1) is 16.5. The molecule has 2 heterocycles. The molecule has 0 aromatic heterocycles. The summed E-state index contributed by atoms with van der Waals surface area (Å²) in [6, 6.07) is 10.4. The van der Waals surface area contributed by atoms with Crippen molar-refractivity contribution in [2.45, 2.75) is 38.1 Å². The second kappa shape index (κ2) is 7.93. The molecule has 2 saturated heterocycles. The number of nitrogens with zero attached hydrogens (tertiary/aromatic N) is 1. The van der Waals surface area contributed by atoms with Crippen LogP contribution in [0.15, 0.2) is 30.3 Å². The standard InChI is InChI=1S/C19H28N2O2/c1-2-23-14-15-10-12-21(13-15)19(22)18-17(9-6-11-20-18)16-7-4-3-5-8-16/h3-5,7-8,15,17-18,20H,2,6,9-14H2,1H3. The van der Waals surface area contributed by atoms with Crippen LogP contribution in [-0.2, 0) is 9.53 Å². The van der Waals surface area contributed by atoms with E-state index >= 15 is 0 Å². The number of amides is 1. The van der Waals surface area contributed by atoms with Crippen LogP contribution in [0, 0.1) is 5.92 Å². The summed E-state index contributed by atoms with van der Waals surface area (Å²) in [6.45, 7) is 6.21. The highest BCUT2D eigenvalue weighted by molar-refractivity contribution is 5.83. The quantitative estimate of drug-likeness (QED) is 0.907. The van der Waals surface area contributed by atoms with Crippen LogP contribution in [0.2, 0.25) is 0 Å². The zero-order valence-corrected chi connectivity index (χ0v) is 14.0. The molecule has 0 radical (unpaired) electrons. The molecule has 1 aromatic rings. The molecule has 4 nitrogen and oxygen atoms in total. The maximum atomic E-state index is 13.0. The van der Waals surface area contributed by atoms with E-state index in [2.05, 4.69) is 29.6 Å². The summed E-state index contributed by atoms with van der Waals surface area (Å²) in [4.78, 5) is 15.1. The average molecular weight is 316 g/mol. The van der Waals surface area contributed by atoms with Crippen LogP contribution in [0.1, 0.15) is 37.7 Å². The van der Waals surface area contributed by atoms with Gasteiger partial charge in [-0.05, 0) is 38.3 Å². The molecule has 2 fully saturated rings. The van der Waals surface area contributed by atoms with E-state index in [1.165, 1.54) is 5.56 Å². The molecule has 3 unspecified atom stereocenters. The molecule has 3 atom stereocenters. The van der Waals surface area contributed by atoms with Crippen molar-refractivity contribution in [3.8, 4) is 0 Å². The Morgan fingerprint density at radius 1 is 1.30 bits per heavy atom. The Morgan fingerprint density at radius 2 is 2.13 bits per heavy atom. The summed E-state index contributed by atoms with van der Waals surface area (Å²) < 4.78 is 5.53. The zero-order valence-electron chi connectivity index (χ0n) is 14.0. The molecule has 1 N–H and O–H groups in total. The summed E-state index contributed by atoms with van der Waals surface area (Å²) in [5.41, 5.74) is 1.28. The van der Waals surface area contributed by atoms with E-state index < -0.39 is 0 Å². The Kier molecular flexibility index (Phi) is 5.68. The summed E-state index contributed by atoms with van der Waals surface area (Å²) in [7, 11) is 0. The number of hydrogen-bond acceptors (Lipinski definition) is 3. The van der Waals surface area contributed by atoms with Crippen molar-refractivity contribution in [1.29, 1.82) is 0 Å². The van der Waals surface area contributed by atoms with E-state index in [0.717, 1.165) is 52.1 Å². The van der Waals surface area contributed by atoms with Crippen LogP contribution < -0.4 is 5.32 Å². The molecule has 23 heavy (non-hydrogen) atoms. The predicted octanol–water partition coefficient (Wildman–Crippen LogP) is 2.41. The Balaban J connectivity index is 1.65. The van der Waals surface area contributed by atoms with Gasteiger partial charge in [-0.1, -0.05) is 30.3 Å². The number of hydrogen-bond donors (Lipinski definition) is 1. The molecule has 1 aromatic carbocycles. The molecular weight excluding hydrogens is 288 g/mol. The lowest BCUT2D eigenvalue weighted by Gasteiger charge is -2.34. The third-order valence-corrected chi connectivity index (χ3v) is 5.11. The van der Waals surface area contributed by atoms with E-state index in [-0.39, 0.29) is 11.9 Å². The molecule has 3 rings (SSSR count). The van der Waals surface area contributed by atoms with Gasteiger partial charge in [0.2, 0.25) is 5.91 Å². The second-order valence-electron chi connectivity index (χ2n) is 6.69. The highest BCUT2D eigenvalue weighted by Gasteiger charge is 2.36. The number of piperidine rings is 1. The first-order valence-corrected chi connectivity index (χ1v) is 8.94. The van der Waals surface area contributed by atoms with Gasteiger partial charge >= 0.3 is 0 Å². The van der Waals surface area contributed by atoms with Gasteiger partial charge in [-0.25, -0.2) is 0 Å². The molecule has 4 heteroatoms. The molecule has 0 bridgehead atoms. The fourth-order valence-electron chi connectivity index (χ4n) is 3.86. The Bertz CT molecular complexity index is 505. The van der Waals surface area contributed by atoms with E-state index in [0.29, 0.717) is 11.8 Å². The fourth-order valence-corrected chi connectivity index (χ4v) is 3.86. The second-order valence-corrected chi connectivity index (χ2v) is 6.69. The lowest BCUT2D eigenvalue weighted by atomic mass is 9.84. The van der Waals surface area contributed by atoms with Gasteiger partial charge in [-0.3, -0.25) is 4.79 Å². The van der Waals surface area contributed by atoms with Crippen molar-refractivity contribution >= 4 is 5.91 Å². The molecule has 126 valence electrons. The average Bonchev–Trinajstić information content (AvgIpc) is 3.09. The van der Waals surface area contributed by atoms with Crippen LogP contribution in [0.5, 0.6) is 0 Å². The maximum absolute atomic E-state index is 13.0. The number of ether oxygens (including phenoxy) is 1. The van der Waals surface area contributed by atoms with Crippen molar-refractivity contribution in [1.82, 2.24) is 10.2 Å². The first-order chi connectivity index (χ1) is 11.3. The summed E-state index contributed by atoms with van der Waals surface area (Å²) >= 11 is 0. The summed E-state index contributed by atoms with van der Waals surface area (Å²) in [5.74, 6) is 1.07. The van der Waals surface area contributed by atoms with E-state index in [1.54, 1.807) is 0 Å². The van der Waals surface area contributed by atoms with E-state index in [4.69, 9.17) is 4.74 Å². The largest absolute Gasteiger partial charge is 0.381 e. The van der Waals surface area contributed by atoms with Crippen molar-refractivity contribution in [3.05, 3.63) is 35.9 Å². The number of nitrogens with one attached hydrogen (secondary N) is 1. The first-order valence-electron chi connectivity index (χ1n) is 8.94. The highest BCUT2D eigenvalue weighted by atomic mass is 16.5. The minimum absolute atomic E-state index is 0.0722. The minimum Gasteiger partial charge on any atom is -0.381 e. The monoisotopic (exact) mass is 316 g/mol. The number of rotatable bonds is 5. The van der Waals surface area contributed by atoms with Gasteiger partial charge in [-0.15, -0.1) is 0 Å². The normalized spacial score (nSPS) is 28.0. The summed E-state index contributed by atoms with van der Waals surface area (Å²) in [5, 5.41) is 3.48. The van der Waals surface area contributed by atoms with Gasteiger partial charge in [-0.2, -0.15) is 0 Å². The van der Waals surface area contributed by atoms with Gasteiger partial charge in [0.05, 0.1) is 12.6 Å². The lowest BCUT2D eigenvalue weighted by Crippen LogP contribution is -2.51. The third kappa shape index (κ3) is 3.93. The van der Waals surface area contributed by atoms with Gasteiger partial charge in [0.25, 0.3) is 0 Å². The number of carbonyl (C=O) groups excluding carboxylic acids is 1. The van der Waals surface area contributed by atoms with Crippen LogP contribution >= 0.6 is 0 Å². The molecule has 2 aliphatic heterocycles. The van der Waals surface area contributed by atoms with Gasteiger partial charge in [0, 0.05) is 31.5 Å².